The van der Waals surface area contributed by atoms with Gasteiger partial charge in [-0.1, -0.05) is 54.6 Å². The number of hydrogen-bond donors (Lipinski definition) is 1. The second kappa shape index (κ2) is 6.95. The molecule has 2 aromatic heterocycles. The normalized spacial score (nSPS) is 12.8. The summed E-state index contributed by atoms with van der Waals surface area (Å²) >= 11 is 0. The minimum Gasteiger partial charge on any atom is -0.488 e. The van der Waals surface area contributed by atoms with Crippen LogP contribution in [0.1, 0.15) is 11.1 Å². The van der Waals surface area contributed by atoms with E-state index < -0.39 is 0 Å². The van der Waals surface area contributed by atoms with E-state index in [-0.39, 0.29) is 12.5 Å². The van der Waals surface area contributed by atoms with Crippen LogP contribution in [0, 0.1) is 6.92 Å². The zero-order valence-corrected chi connectivity index (χ0v) is 15.9. The zero-order chi connectivity index (χ0) is 19.8. The molecule has 4 aromatic rings. The number of aromatic nitrogens is 2. The van der Waals surface area contributed by atoms with Gasteiger partial charge in [0.1, 0.15) is 29.5 Å². The molecule has 0 spiro atoms. The molecule has 0 unspecified atom stereocenters. The van der Waals surface area contributed by atoms with Crippen molar-refractivity contribution in [3.8, 4) is 17.0 Å². The van der Waals surface area contributed by atoms with Crippen LogP contribution in [0.3, 0.4) is 0 Å². The summed E-state index contributed by atoms with van der Waals surface area (Å²) in [6.07, 6.45) is 3.79. The molecule has 29 heavy (non-hydrogen) atoms. The van der Waals surface area contributed by atoms with Crippen LogP contribution in [0.25, 0.3) is 23.0 Å². The smallest absolute Gasteiger partial charge is 0.256 e. The quantitative estimate of drug-likeness (QED) is 0.558. The van der Waals surface area contributed by atoms with Gasteiger partial charge in [0.25, 0.3) is 5.91 Å². The number of pyridine rings is 1. The first kappa shape index (κ1) is 17.3. The van der Waals surface area contributed by atoms with E-state index in [1.165, 1.54) is 0 Å². The maximum absolute atomic E-state index is 13.1. The fourth-order valence-corrected chi connectivity index (χ4v) is 3.56. The molecule has 0 aliphatic carbocycles. The predicted octanol–water partition coefficient (Wildman–Crippen LogP) is 4.72. The number of para-hydroxylation sites is 1. The summed E-state index contributed by atoms with van der Waals surface area (Å²) in [5, 5.41) is 3.07. The molecular weight excluding hydrogens is 362 g/mol. The van der Waals surface area contributed by atoms with Gasteiger partial charge in [0.15, 0.2) is 0 Å². The number of carbonyl (C=O) groups is 1. The lowest BCUT2D eigenvalue weighted by molar-refractivity contribution is -0.113. The summed E-state index contributed by atoms with van der Waals surface area (Å²) in [7, 11) is 0. The number of imidazole rings is 1. The monoisotopic (exact) mass is 381 g/mol. The lowest BCUT2D eigenvalue weighted by Gasteiger charge is -2.17. The van der Waals surface area contributed by atoms with Gasteiger partial charge in [-0.2, -0.15) is 0 Å². The molecule has 5 heteroatoms. The van der Waals surface area contributed by atoms with Crippen molar-refractivity contribution in [2.24, 2.45) is 0 Å². The summed E-state index contributed by atoms with van der Waals surface area (Å²) in [4.78, 5) is 17.9. The van der Waals surface area contributed by atoms with Gasteiger partial charge in [-0.15, -0.1) is 0 Å². The number of fused-ring (bicyclic) bond motifs is 2. The van der Waals surface area contributed by atoms with Gasteiger partial charge in [0.2, 0.25) is 0 Å². The Kier molecular flexibility index (Phi) is 4.13. The third-order valence-corrected chi connectivity index (χ3v) is 5.05. The first-order valence-corrected chi connectivity index (χ1v) is 9.47. The molecule has 0 fully saturated rings. The third-order valence-electron chi connectivity index (χ3n) is 5.05. The van der Waals surface area contributed by atoms with Crippen LogP contribution >= 0.6 is 0 Å². The van der Waals surface area contributed by atoms with E-state index in [2.05, 4.69) is 5.32 Å². The summed E-state index contributed by atoms with van der Waals surface area (Å²) in [6, 6.07) is 21.5. The molecule has 1 amide bonds. The number of hydrogen-bond acceptors (Lipinski definition) is 3. The van der Waals surface area contributed by atoms with Gasteiger partial charge in [0, 0.05) is 17.3 Å². The number of benzene rings is 2. The number of ether oxygens (including phenoxy) is 1. The molecule has 2 aromatic carbocycles. The van der Waals surface area contributed by atoms with Crippen LogP contribution < -0.4 is 10.1 Å². The largest absolute Gasteiger partial charge is 0.488 e. The highest BCUT2D eigenvalue weighted by Crippen LogP contribution is 2.31. The van der Waals surface area contributed by atoms with Crippen LogP contribution in [0.2, 0.25) is 0 Å². The molecule has 0 radical (unpaired) electrons. The number of aryl methyl sites for hydroxylation is 1. The van der Waals surface area contributed by atoms with Crippen molar-refractivity contribution < 1.29 is 9.53 Å². The van der Waals surface area contributed by atoms with E-state index in [1.54, 1.807) is 0 Å². The molecular formula is C24H19N3O2. The minimum atomic E-state index is -0.194. The van der Waals surface area contributed by atoms with Crippen molar-refractivity contribution in [1.82, 2.24) is 9.38 Å². The topological polar surface area (TPSA) is 55.6 Å². The standard InChI is InChI=1S/C24H19N3O2/c1-16-8-7-13-27-22(16)25-21(17-9-3-2-4-10-17)23(27)26-24(28)19-14-18-11-5-6-12-20(18)29-15-19/h2-14H,15H2,1H3,(H,26,28). The van der Waals surface area contributed by atoms with Gasteiger partial charge in [0.05, 0.1) is 5.57 Å². The van der Waals surface area contributed by atoms with Gasteiger partial charge in [-0.25, -0.2) is 4.98 Å². The number of amides is 1. The number of nitrogens with one attached hydrogen (secondary N) is 1. The predicted molar refractivity (Wildman–Crippen MR) is 114 cm³/mol. The van der Waals surface area contributed by atoms with Crippen LogP contribution in [-0.2, 0) is 4.79 Å². The number of carbonyl (C=O) groups excluding carboxylic acids is 1. The van der Waals surface area contributed by atoms with E-state index in [0.29, 0.717) is 11.4 Å². The minimum absolute atomic E-state index is 0.194. The Hall–Kier alpha value is -3.86. The fourth-order valence-electron chi connectivity index (χ4n) is 3.56. The van der Waals surface area contributed by atoms with Crippen molar-refractivity contribution in [1.29, 1.82) is 0 Å². The first-order chi connectivity index (χ1) is 14.2. The van der Waals surface area contributed by atoms with E-state index in [0.717, 1.165) is 33.8 Å². The summed E-state index contributed by atoms with van der Waals surface area (Å²) in [6.45, 7) is 2.25. The Bertz CT molecular complexity index is 1260. The van der Waals surface area contributed by atoms with Crippen molar-refractivity contribution >= 4 is 23.4 Å². The Morgan fingerprint density at radius 3 is 2.69 bits per heavy atom. The molecule has 5 rings (SSSR count). The zero-order valence-electron chi connectivity index (χ0n) is 15.9. The van der Waals surface area contributed by atoms with Crippen molar-refractivity contribution in [2.45, 2.75) is 6.92 Å². The molecule has 0 saturated carbocycles. The molecule has 0 bridgehead atoms. The Balaban J connectivity index is 1.58. The van der Waals surface area contributed by atoms with Crippen molar-refractivity contribution in [3.63, 3.8) is 0 Å². The molecule has 0 saturated heterocycles. The molecule has 0 atom stereocenters. The molecule has 3 heterocycles. The third kappa shape index (κ3) is 3.06. The highest BCUT2D eigenvalue weighted by Gasteiger charge is 2.21. The van der Waals surface area contributed by atoms with E-state index in [9.17, 15) is 4.79 Å². The number of nitrogens with zero attached hydrogens (tertiary/aromatic N) is 2. The maximum atomic E-state index is 13.1. The van der Waals surface area contributed by atoms with Crippen molar-refractivity contribution in [2.75, 3.05) is 11.9 Å². The Labute approximate surface area is 168 Å². The van der Waals surface area contributed by atoms with Crippen LogP contribution in [-0.4, -0.2) is 21.9 Å². The Morgan fingerprint density at radius 2 is 1.83 bits per heavy atom. The van der Waals surface area contributed by atoms with Crippen LogP contribution in [0.15, 0.2) is 78.5 Å². The molecule has 1 aliphatic heterocycles. The highest BCUT2D eigenvalue weighted by molar-refractivity contribution is 6.08. The summed E-state index contributed by atoms with van der Waals surface area (Å²) in [5.74, 6) is 1.25. The summed E-state index contributed by atoms with van der Waals surface area (Å²) in [5.41, 5.74) is 5.03. The SMILES string of the molecule is Cc1cccn2c(NC(=O)C3=Cc4ccccc4OC3)c(-c3ccccc3)nc12. The lowest BCUT2D eigenvalue weighted by atomic mass is 10.1. The molecule has 1 aliphatic rings. The van der Waals surface area contributed by atoms with Gasteiger partial charge < -0.3 is 10.1 Å². The number of rotatable bonds is 3. The molecule has 5 nitrogen and oxygen atoms in total. The van der Waals surface area contributed by atoms with Gasteiger partial charge >= 0.3 is 0 Å². The molecule has 142 valence electrons. The lowest BCUT2D eigenvalue weighted by Crippen LogP contribution is -2.22. The molecule has 1 N–H and O–H groups in total. The maximum Gasteiger partial charge on any atom is 0.256 e. The highest BCUT2D eigenvalue weighted by atomic mass is 16.5. The van der Waals surface area contributed by atoms with Gasteiger partial charge in [-0.05, 0) is 30.7 Å². The first-order valence-electron chi connectivity index (χ1n) is 9.47. The van der Waals surface area contributed by atoms with Crippen LogP contribution in [0.5, 0.6) is 5.75 Å². The van der Waals surface area contributed by atoms with Crippen molar-refractivity contribution in [3.05, 3.63) is 89.6 Å². The Morgan fingerprint density at radius 1 is 1.03 bits per heavy atom. The second-order valence-corrected chi connectivity index (χ2v) is 7.01. The van der Waals surface area contributed by atoms with Gasteiger partial charge in [-0.3, -0.25) is 9.20 Å². The average molecular weight is 381 g/mol. The van der Waals surface area contributed by atoms with E-state index >= 15 is 0 Å². The number of anilines is 1. The average Bonchev–Trinajstić information content (AvgIpc) is 3.14. The summed E-state index contributed by atoms with van der Waals surface area (Å²) < 4.78 is 7.67. The van der Waals surface area contributed by atoms with E-state index in [1.807, 2.05) is 90.3 Å². The van der Waals surface area contributed by atoms with E-state index in [4.69, 9.17) is 9.72 Å². The second-order valence-electron chi connectivity index (χ2n) is 7.01. The fraction of sp³-hybridized carbons (Fsp3) is 0.0833. The van der Waals surface area contributed by atoms with Crippen LogP contribution in [0.4, 0.5) is 5.82 Å².